The molecule has 0 aromatic heterocycles. The largest absolute Gasteiger partial charge is 0.362 e. The minimum atomic E-state index is -0.250. The van der Waals surface area contributed by atoms with Crippen molar-refractivity contribution in [3.8, 4) is 5.75 Å². The van der Waals surface area contributed by atoms with Gasteiger partial charge in [0.1, 0.15) is 6.61 Å². The highest BCUT2D eigenvalue weighted by molar-refractivity contribution is 7.80. The highest BCUT2D eigenvalue weighted by atomic mass is 32.1. The predicted octanol–water partition coefficient (Wildman–Crippen LogP) is 3.42. The normalized spacial score (nSPS) is 16.5. The quantitative estimate of drug-likeness (QED) is 0.546. The molecular weight excluding hydrogens is 398 g/mol. The van der Waals surface area contributed by atoms with Gasteiger partial charge in [-0.3, -0.25) is 15.0 Å². The topological polar surface area (TPSA) is 62.8 Å². The van der Waals surface area contributed by atoms with Gasteiger partial charge in [-0.2, -0.15) is 4.89 Å². The molecule has 1 amide bonds. The maximum absolute atomic E-state index is 12.4. The molecule has 0 saturated carbocycles. The van der Waals surface area contributed by atoms with Gasteiger partial charge in [-0.05, 0) is 68.2 Å². The average Bonchev–Trinajstić information content (AvgIpc) is 3.23. The molecule has 1 saturated heterocycles. The van der Waals surface area contributed by atoms with E-state index < -0.39 is 0 Å². The smallest absolute Gasteiger partial charge is 0.257 e. The lowest BCUT2D eigenvalue weighted by molar-refractivity contribution is -0.194. The molecule has 0 aliphatic carbocycles. The molecule has 2 aromatic rings. The van der Waals surface area contributed by atoms with Crippen LogP contribution in [-0.4, -0.2) is 35.6 Å². The maximum Gasteiger partial charge on any atom is 0.257 e. The van der Waals surface area contributed by atoms with E-state index in [1.807, 2.05) is 6.07 Å². The van der Waals surface area contributed by atoms with E-state index in [1.165, 1.54) is 18.4 Å². The van der Waals surface area contributed by atoms with Crippen molar-refractivity contribution in [2.75, 3.05) is 19.6 Å². The molecule has 2 N–H and O–H groups in total. The average molecular weight is 426 g/mol. The van der Waals surface area contributed by atoms with Crippen molar-refractivity contribution in [1.82, 2.24) is 15.5 Å². The van der Waals surface area contributed by atoms with Crippen LogP contribution in [0.4, 0.5) is 0 Å². The van der Waals surface area contributed by atoms with Crippen LogP contribution in [0.15, 0.2) is 48.5 Å². The zero-order chi connectivity index (χ0) is 20.8. The summed E-state index contributed by atoms with van der Waals surface area (Å²) in [6.45, 7) is 4.46. The first-order chi connectivity index (χ1) is 14.7. The van der Waals surface area contributed by atoms with Crippen molar-refractivity contribution in [3.05, 3.63) is 65.2 Å². The number of nitrogens with one attached hydrogen (secondary N) is 2. The van der Waals surface area contributed by atoms with Crippen LogP contribution in [0.2, 0.25) is 0 Å². The number of fused-ring (bicyclic) bond motifs is 1. The second kappa shape index (κ2) is 10.0. The Morgan fingerprint density at radius 3 is 2.73 bits per heavy atom. The number of carbonyl (C=O) groups excluding carboxylic acids is 1. The monoisotopic (exact) mass is 425 g/mol. The van der Waals surface area contributed by atoms with Crippen molar-refractivity contribution >= 4 is 23.2 Å². The SMILES string of the molecule is O=C(NC(=S)NCCC1CCN(Cc2ccccc2)CC1)c1ccc2c(c1)OOC2. The zero-order valence-electron chi connectivity index (χ0n) is 16.9. The van der Waals surface area contributed by atoms with Crippen molar-refractivity contribution in [3.63, 3.8) is 0 Å². The highest BCUT2D eigenvalue weighted by Crippen LogP contribution is 2.27. The van der Waals surface area contributed by atoms with Crippen LogP contribution in [0.5, 0.6) is 5.75 Å². The van der Waals surface area contributed by atoms with E-state index in [4.69, 9.17) is 22.0 Å². The minimum absolute atomic E-state index is 0.250. The Kier molecular flexibility index (Phi) is 6.94. The van der Waals surface area contributed by atoms with Crippen LogP contribution in [0.3, 0.4) is 0 Å². The van der Waals surface area contributed by atoms with Gasteiger partial charge in [-0.15, -0.1) is 0 Å². The molecule has 158 valence electrons. The molecular formula is C23H27N3O3S. The first-order valence-corrected chi connectivity index (χ1v) is 10.9. The van der Waals surface area contributed by atoms with Gasteiger partial charge in [0.05, 0.1) is 0 Å². The number of benzene rings is 2. The Morgan fingerprint density at radius 1 is 1.13 bits per heavy atom. The Morgan fingerprint density at radius 2 is 1.93 bits per heavy atom. The highest BCUT2D eigenvalue weighted by Gasteiger charge is 2.20. The van der Waals surface area contributed by atoms with Gasteiger partial charge in [0.2, 0.25) is 0 Å². The summed E-state index contributed by atoms with van der Waals surface area (Å²) in [6, 6.07) is 15.9. The van der Waals surface area contributed by atoms with Crippen LogP contribution in [-0.2, 0) is 18.0 Å². The third-order valence-electron chi connectivity index (χ3n) is 5.71. The van der Waals surface area contributed by atoms with Crippen LogP contribution < -0.4 is 15.5 Å². The van der Waals surface area contributed by atoms with Gasteiger partial charge in [-0.1, -0.05) is 36.4 Å². The number of amides is 1. The molecule has 7 heteroatoms. The van der Waals surface area contributed by atoms with E-state index in [-0.39, 0.29) is 5.91 Å². The summed E-state index contributed by atoms with van der Waals surface area (Å²) in [6.07, 6.45) is 3.45. The molecule has 2 heterocycles. The zero-order valence-corrected chi connectivity index (χ0v) is 17.7. The number of rotatable bonds is 6. The van der Waals surface area contributed by atoms with Crippen molar-refractivity contribution < 1.29 is 14.6 Å². The molecule has 0 spiro atoms. The number of carbonyl (C=O) groups is 1. The molecule has 2 aromatic carbocycles. The van der Waals surface area contributed by atoms with Gasteiger partial charge in [0, 0.05) is 24.2 Å². The predicted molar refractivity (Wildman–Crippen MR) is 119 cm³/mol. The number of hydrogen-bond acceptors (Lipinski definition) is 5. The summed E-state index contributed by atoms with van der Waals surface area (Å²) < 4.78 is 0. The van der Waals surface area contributed by atoms with Gasteiger partial charge in [0.15, 0.2) is 10.9 Å². The van der Waals surface area contributed by atoms with E-state index in [0.717, 1.165) is 38.2 Å². The van der Waals surface area contributed by atoms with Crippen molar-refractivity contribution in [2.24, 2.45) is 5.92 Å². The Bertz CT molecular complexity index is 883. The van der Waals surface area contributed by atoms with Gasteiger partial charge < -0.3 is 10.2 Å². The lowest BCUT2D eigenvalue weighted by Gasteiger charge is -2.32. The standard InChI is InChI=1S/C23H27N3O3S/c27-22(19-6-7-20-16-28-29-21(20)14-19)25-23(30)24-11-8-17-9-12-26(13-10-17)15-18-4-2-1-3-5-18/h1-7,14,17H,8-13,15-16H2,(H2,24,25,27,30). The summed E-state index contributed by atoms with van der Waals surface area (Å²) in [5, 5.41) is 6.26. The van der Waals surface area contributed by atoms with Gasteiger partial charge in [-0.25, -0.2) is 0 Å². The molecule has 0 atom stereocenters. The van der Waals surface area contributed by atoms with Crippen LogP contribution in [0.1, 0.15) is 40.7 Å². The summed E-state index contributed by atoms with van der Waals surface area (Å²) in [5.74, 6) is 1.03. The van der Waals surface area contributed by atoms with Crippen LogP contribution in [0.25, 0.3) is 0 Å². The van der Waals surface area contributed by atoms with E-state index in [2.05, 4.69) is 45.9 Å². The molecule has 2 aliphatic heterocycles. The van der Waals surface area contributed by atoms with Crippen molar-refractivity contribution in [2.45, 2.75) is 32.4 Å². The second-order valence-corrected chi connectivity index (χ2v) is 8.28. The molecule has 4 rings (SSSR count). The lowest BCUT2D eigenvalue weighted by atomic mass is 9.93. The fraction of sp³-hybridized carbons (Fsp3) is 0.391. The van der Waals surface area contributed by atoms with E-state index >= 15 is 0 Å². The fourth-order valence-corrected chi connectivity index (χ4v) is 4.13. The third-order valence-corrected chi connectivity index (χ3v) is 5.96. The third kappa shape index (κ3) is 5.56. The van der Waals surface area contributed by atoms with Crippen LogP contribution >= 0.6 is 12.2 Å². The summed E-state index contributed by atoms with van der Waals surface area (Å²) in [7, 11) is 0. The summed E-state index contributed by atoms with van der Waals surface area (Å²) in [5.41, 5.74) is 2.80. The first-order valence-electron chi connectivity index (χ1n) is 10.5. The number of nitrogens with zero attached hydrogens (tertiary/aromatic N) is 1. The first kappa shape index (κ1) is 20.8. The Balaban J connectivity index is 1.14. The van der Waals surface area contributed by atoms with Gasteiger partial charge >= 0.3 is 0 Å². The summed E-state index contributed by atoms with van der Waals surface area (Å²) in [4.78, 5) is 24.8. The van der Waals surface area contributed by atoms with E-state index in [9.17, 15) is 4.79 Å². The lowest BCUT2D eigenvalue weighted by Crippen LogP contribution is -2.40. The molecule has 6 nitrogen and oxygen atoms in total. The molecule has 30 heavy (non-hydrogen) atoms. The van der Waals surface area contributed by atoms with E-state index in [1.54, 1.807) is 12.1 Å². The number of piperidine rings is 1. The Hall–Kier alpha value is -2.48. The number of likely N-dealkylation sites (tertiary alicyclic amines) is 1. The molecule has 2 aliphatic rings. The number of thiocarbonyl (C=S) groups is 1. The van der Waals surface area contributed by atoms with Crippen LogP contribution in [0, 0.1) is 5.92 Å². The fourth-order valence-electron chi connectivity index (χ4n) is 3.93. The molecule has 0 radical (unpaired) electrons. The molecule has 0 unspecified atom stereocenters. The Labute approximate surface area is 182 Å². The molecule has 1 fully saturated rings. The second-order valence-electron chi connectivity index (χ2n) is 7.87. The van der Waals surface area contributed by atoms with Gasteiger partial charge in [0.25, 0.3) is 5.91 Å². The molecule has 0 bridgehead atoms. The van der Waals surface area contributed by atoms with E-state index in [0.29, 0.717) is 29.0 Å². The number of hydrogen-bond donors (Lipinski definition) is 2. The maximum atomic E-state index is 12.4. The minimum Gasteiger partial charge on any atom is -0.362 e. The summed E-state index contributed by atoms with van der Waals surface area (Å²) >= 11 is 5.28. The van der Waals surface area contributed by atoms with Crippen molar-refractivity contribution in [1.29, 1.82) is 0 Å².